The van der Waals surface area contributed by atoms with Gasteiger partial charge in [-0.2, -0.15) is 0 Å². The molecule has 2 aromatic carbocycles. The van der Waals surface area contributed by atoms with Crippen LogP contribution in [0.3, 0.4) is 0 Å². The van der Waals surface area contributed by atoms with E-state index in [9.17, 15) is 9.90 Å². The van der Waals surface area contributed by atoms with Crippen molar-refractivity contribution >= 4 is 40.8 Å². The molecule has 0 spiro atoms. The SMILES string of the molecule is O=C(O)C1CCCCN1C(c1ccc(Cl)c(Cl)c1)c1ccccc1Cl. The highest BCUT2D eigenvalue weighted by Gasteiger charge is 2.35. The van der Waals surface area contributed by atoms with Crippen molar-refractivity contribution in [3.8, 4) is 0 Å². The summed E-state index contributed by atoms with van der Waals surface area (Å²) in [7, 11) is 0. The van der Waals surface area contributed by atoms with Gasteiger partial charge in [-0.15, -0.1) is 0 Å². The van der Waals surface area contributed by atoms with Gasteiger partial charge in [0.2, 0.25) is 0 Å². The molecule has 132 valence electrons. The number of halogens is 3. The van der Waals surface area contributed by atoms with Gasteiger partial charge in [-0.1, -0.05) is 65.5 Å². The second kappa shape index (κ2) is 7.96. The lowest BCUT2D eigenvalue weighted by molar-refractivity contribution is -0.145. The van der Waals surface area contributed by atoms with Crippen molar-refractivity contribution in [1.82, 2.24) is 4.90 Å². The monoisotopic (exact) mass is 397 g/mol. The summed E-state index contributed by atoms with van der Waals surface area (Å²) in [5, 5.41) is 11.2. The number of piperidine rings is 1. The van der Waals surface area contributed by atoms with E-state index >= 15 is 0 Å². The maximum atomic E-state index is 11.8. The average molecular weight is 399 g/mol. The molecule has 0 amide bonds. The molecule has 0 radical (unpaired) electrons. The number of aliphatic carboxylic acids is 1. The van der Waals surface area contributed by atoms with Crippen LogP contribution in [0.5, 0.6) is 0 Å². The third kappa shape index (κ3) is 3.95. The number of benzene rings is 2. The summed E-state index contributed by atoms with van der Waals surface area (Å²) in [6.45, 7) is 0.688. The predicted octanol–water partition coefficient (Wildman–Crippen LogP) is 5.68. The Kier molecular flexibility index (Phi) is 5.90. The highest BCUT2D eigenvalue weighted by atomic mass is 35.5. The molecule has 0 aliphatic carbocycles. The average Bonchev–Trinajstić information content (AvgIpc) is 2.60. The van der Waals surface area contributed by atoms with Gasteiger partial charge in [0, 0.05) is 5.02 Å². The number of hydrogen-bond acceptors (Lipinski definition) is 2. The number of carbonyl (C=O) groups is 1. The summed E-state index contributed by atoms with van der Waals surface area (Å²) < 4.78 is 0. The number of carboxylic acid groups (broad SMARTS) is 1. The minimum Gasteiger partial charge on any atom is -0.480 e. The normalized spacial score (nSPS) is 19.6. The fourth-order valence-corrected chi connectivity index (χ4v) is 4.00. The molecule has 3 nitrogen and oxygen atoms in total. The van der Waals surface area contributed by atoms with E-state index < -0.39 is 12.0 Å². The summed E-state index contributed by atoms with van der Waals surface area (Å²) in [6, 6.07) is 12.1. The van der Waals surface area contributed by atoms with Crippen molar-refractivity contribution in [2.75, 3.05) is 6.54 Å². The molecule has 1 heterocycles. The lowest BCUT2D eigenvalue weighted by Gasteiger charge is -2.40. The molecule has 3 rings (SSSR count). The maximum absolute atomic E-state index is 11.8. The Morgan fingerprint density at radius 1 is 1.04 bits per heavy atom. The fraction of sp³-hybridized carbons (Fsp3) is 0.316. The number of hydrogen-bond donors (Lipinski definition) is 1. The van der Waals surface area contributed by atoms with Crippen LogP contribution >= 0.6 is 34.8 Å². The molecule has 6 heteroatoms. The zero-order chi connectivity index (χ0) is 18.0. The van der Waals surface area contributed by atoms with Gasteiger partial charge in [-0.05, 0) is 48.7 Å². The Labute approximate surface area is 162 Å². The molecule has 0 saturated carbocycles. The van der Waals surface area contributed by atoms with E-state index in [1.54, 1.807) is 12.1 Å². The fourth-order valence-electron chi connectivity index (χ4n) is 3.46. The van der Waals surface area contributed by atoms with Gasteiger partial charge in [0.15, 0.2) is 0 Å². The molecule has 1 N–H and O–H groups in total. The minimum absolute atomic E-state index is 0.287. The second-order valence-electron chi connectivity index (χ2n) is 6.19. The van der Waals surface area contributed by atoms with Gasteiger partial charge < -0.3 is 5.11 Å². The summed E-state index contributed by atoms with van der Waals surface area (Å²) in [6.07, 6.45) is 2.48. The first-order valence-corrected chi connectivity index (χ1v) is 9.30. The highest BCUT2D eigenvalue weighted by molar-refractivity contribution is 6.42. The van der Waals surface area contributed by atoms with Crippen molar-refractivity contribution < 1.29 is 9.90 Å². The van der Waals surface area contributed by atoms with E-state index in [0.29, 0.717) is 28.0 Å². The largest absolute Gasteiger partial charge is 0.480 e. The number of rotatable bonds is 4. The van der Waals surface area contributed by atoms with Crippen molar-refractivity contribution in [2.24, 2.45) is 0 Å². The summed E-state index contributed by atoms with van der Waals surface area (Å²) in [5.74, 6) is -0.809. The van der Waals surface area contributed by atoms with Gasteiger partial charge in [0.1, 0.15) is 6.04 Å². The van der Waals surface area contributed by atoms with Crippen molar-refractivity contribution in [3.05, 3.63) is 68.7 Å². The van der Waals surface area contributed by atoms with Crippen LogP contribution in [-0.2, 0) is 4.79 Å². The van der Waals surface area contributed by atoms with E-state index in [0.717, 1.165) is 24.0 Å². The van der Waals surface area contributed by atoms with E-state index in [4.69, 9.17) is 34.8 Å². The third-order valence-corrected chi connectivity index (χ3v) is 5.70. The quantitative estimate of drug-likeness (QED) is 0.720. The zero-order valence-corrected chi connectivity index (χ0v) is 15.7. The molecule has 0 aromatic heterocycles. The van der Waals surface area contributed by atoms with Crippen LogP contribution in [0.2, 0.25) is 15.1 Å². The Hall–Kier alpha value is -1.26. The standard InChI is InChI=1S/C19H18Cl3NO2/c20-14-6-2-1-5-13(14)18(12-8-9-15(21)16(22)11-12)23-10-4-3-7-17(23)19(24)25/h1-2,5-6,8-9,11,17-18H,3-4,7,10H2,(H,24,25). The molecule has 2 aromatic rings. The van der Waals surface area contributed by atoms with Crippen LogP contribution in [0.1, 0.15) is 36.4 Å². The first-order valence-electron chi connectivity index (χ1n) is 8.17. The number of nitrogens with zero attached hydrogens (tertiary/aromatic N) is 1. The number of likely N-dealkylation sites (tertiary alicyclic amines) is 1. The lowest BCUT2D eigenvalue weighted by Crippen LogP contribution is -2.46. The van der Waals surface area contributed by atoms with E-state index in [-0.39, 0.29) is 6.04 Å². The Bertz CT molecular complexity index is 781. The molecule has 1 fully saturated rings. The minimum atomic E-state index is -0.809. The van der Waals surface area contributed by atoms with Crippen LogP contribution in [0, 0.1) is 0 Å². The lowest BCUT2D eigenvalue weighted by atomic mass is 9.91. The Morgan fingerprint density at radius 3 is 2.48 bits per heavy atom. The van der Waals surface area contributed by atoms with Gasteiger partial charge in [0.25, 0.3) is 0 Å². The first-order chi connectivity index (χ1) is 12.0. The van der Waals surface area contributed by atoms with Crippen LogP contribution in [0.15, 0.2) is 42.5 Å². The van der Waals surface area contributed by atoms with Gasteiger partial charge in [-0.25, -0.2) is 0 Å². The molecule has 2 atom stereocenters. The van der Waals surface area contributed by atoms with Gasteiger partial charge >= 0.3 is 5.97 Å². The van der Waals surface area contributed by atoms with E-state index in [1.165, 1.54) is 0 Å². The molecule has 0 bridgehead atoms. The Balaban J connectivity index is 2.13. The van der Waals surface area contributed by atoms with Crippen LogP contribution in [0.25, 0.3) is 0 Å². The summed E-state index contributed by atoms with van der Waals surface area (Å²) >= 11 is 18.7. The van der Waals surface area contributed by atoms with Gasteiger partial charge in [-0.3, -0.25) is 9.69 Å². The first kappa shape index (κ1) is 18.5. The third-order valence-electron chi connectivity index (χ3n) is 4.62. The molecule has 1 aliphatic rings. The molecule has 1 saturated heterocycles. The van der Waals surface area contributed by atoms with Crippen molar-refractivity contribution in [3.63, 3.8) is 0 Å². The van der Waals surface area contributed by atoms with Gasteiger partial charge in [0.05, 0.1) is 16.1 Å². The second-order valence-corrected chi connectivity index (χ2v) is 7.41. The van der Waals surface area contributed by atoms with E-state index in [2.05, 4.69) is 0 Å². The van der Waals surface area contributed by atoms with Crippen LogP contribution < -0.4 is 0 Å². The van der Waals surface area contributed by atoms with Crippen molar-refractivity contribution in [2.45, 2.75) is 31.3 Å². The highest BCUT2D eigenvalue weighted by Crippen LogP contribution is 2.39. The summed E-state index contributed by atoms with van der Waals surface area (Å²) in [4.78, 5) is 13.8. The molecular weight excluding hydrogens is 381 g/mol. The molecule has 1 aliphatic heterocycles. The Morgan fingerprint density at radius 2 is 1.80 bits per heavy atom. The molecule has 2 unspecified atom stereocenters. The number of carboxylic acids is 1. The van der Waals surface area contributed by atoms with Crippen LogP contribution in [-0.4, -0.2) is 28.6 Å². The smallest absolute Gasteiger partial charge is 0.320 e. The predicted molar refractivity (Wildman–Crippen MR) is 102 cm³/mol. The maximum Gasteiger partial charge on any atom is 0.320 e. The zero-order valence-electron chi connectivity index (χ0n) is 13.5. The molecular formula is C19H18Cl3NO2. The summed E-state index contributed by atoms with van der Waals surface area (Å²) in [5.41, 5.74) is 1.76. The topological polar surface area (TPSA) is 40.5 Å². The van der Waals surface area contributed by atoms with Crippen molar-refractivity contribution in [1.29, 1.82) is 0 Å². The van der Waals surface area contributed by atoms with E-state index in [1.807, 2.05) is 35.2 Å². The van der Waals surface area contributed by atoms with Crippen LogP contribution in [0.4, 0.5) is 0 Å². The molecule has 25 heavy (non-hydrogen) atoms.